The quantitative estimate of drug-likeness (QED) is 0.718. The molecule has 2 aromatic rings. The molecule has 0 aliphatic heterocycles. The second-order valence-corrected chi connectivity index (χ2v) is 3.34. The molecule has 0 aliphatic carbocycles. The molecule has 15 heavy (non-hydrogen) atoms. The number of rotatable bonds is 2. The average Bonchev–Trinajstić information content (AvgIpc) is 2.33. The van der Waals surface area contributed by atoms with Crippen LogP contribution in [0, 0.1) is 0 Å². The van der Waals surface area contributed by atoms with Gasteiger partial charge in [0.1, 0.15) is 0 Å². The van der Waals surface area contributed by atoms with Gasteiger partial charge in [-0.3, -0.25) is 9.97 Å². The maximum Gasteiger partial charge on any atom is 0.0723 e. The van der Waals surface area contributed by atoms with Gasteiger partial charge in [-0.05, 0) is 24.3 Å². The molecule has 0 fully saturated rings. The Balaban J connectivity index is 2.44. The summed E-state index contributed by atoms with van der Waals surface area (Å²) in [6.45, 7) is 0. The summed E-state index contributed by atoms with van der Waals surface area (Å²) in [6, 6.07) is 11.7. The normalized spacial score (nSPS) is 9.67. The highest BCUT2D eigenvalue weighted by Gasteiger charge is 2.04. The topological polar surface area (TPSA) is 25.8 Å². The monoisotopic (exact) mass is 214 g/mol. The van der Waals surface area contributed by atoms with Crippen molar-refractivity contribution in [2.45, 2.75) is 0 Å². The van der Waals surface area contributed by atoms with Crippen LogP contribution in [0.25, 0.3) is 5.57 Å². The van der Waals surface area contributed by atoms with Crippen molar-refractivity contribution in [1.29, 1.82) is 0 Å². The summed E-state index contributed by atoms with van der Waals surface area (Å²) < 4.78 is 0. The first kappa shape index (κ1) is 10.0. The van der Waals surface area contributed by atoms with Crippen molar-refractivity contribution >= 4 is 14.8 Å². The first-order chi connectivity index (χ1) is 7.42. The molecule has 0 saturated carbocycles. The van der Waals surface area contributed by atoms with E-state index in [-0.39, 0.29) is 0 Å². The molecule has 2 nitrogen and oxygen atoms in total. The summed E-state index contributed by atoms with van der Waals surface area (Å²) in [6.07, 6.45) is 3.57. The first-order valence-corrected chi connectivity index (χ1v) is 5.33. The van der Waals surface area contributed by atoms with Crippen molar-refractivity contribution in [1.82, 2.24) is 9.97 Å². The van der Waals surface area contributed by atoms with E-state index >= 15 is 0 Å². The first-order valence-electron chi connectivity index (χ1n) is 4.66. The van der Waals surface area contributed by atoms with Gasteiger partial charge in [0.05, 0.1) is 11.4 Å². The van der Waals surface area contributed by atoms with Crippen LogP contribution in [0.4, 0.5) is 0 Å². The van der Waals surface area contributed by atoms with E-state index in [1.54, 1.807) is 12.4 Å². The minimum atomic E-state index is 0.936. The maximum atomic E-state index is 4.30. The molecule has 1 unspecified atom stereocenters. The fourth-order valence-electron chi connectivity index (χ4n) is 1.35. The Bertz CT molecular complexity index is 410. The average molecular weight is 214 g/mol. The third-order valence-electron chi connectivity index (χ3n) is 2.05. The Morgan fingerprint density at radius 1 is 0.933 bits per heavy atom. The minimum absolute atomic E-state index is 0.936. The van der Waals surface area contributed by atoms with Crippen molar-refractivity contribution in [2.24, 2.45) is 0 Å². The lowest BCUT2D eigenvalue weighted by Crippen LogP contribution is -1.92. The molecule has 0 N–H and O–H groups in total. The van der Waals surface area contributed by atoms with Crippen LogP contribution in [0.1, 0.15) is 11.4 Å². The molecule has 1 atom stereocenters. The fourth-order valence-corrected chi connectivity index (χ4v) is 1.69. The highest BCUT2D eigenvalue weighted by Crippen LogP contribution is 2.20. The molecule has 0 bridgehead atoms. The molecule has 2 aromatic heterocycles. The van der Waals surface area contributed by atoms with E-state index in [0.717, 1.165) is 17.0 Å². The third-order valence-corrected chi connectivity index (χ3v) is 2.38. The number of aromatic nitrogens is 2. The van der Waals surface area contributed by atoms with Gasteiger partial charge in [-0.25, -0.2) is 0 Å². The summed E-state index contributed by atoms with van der Waals surface area (Å²) >= 11 is 0. The van der Waals surface area contributed by atoms with Crippen molar-refractivity contribution in [3.05, 3.63) is 66.0 Å². The highest BCUT2D eigenvalue weighted by molar-refractivity contribution is 7.21. The van der Waals surface area contributed by atoms with Gasteiger partial charge >= 0.3 is 0 Å². The maximum absolute atomic E-state index is 4.30. The van der Waals surface area contributed by atoms with Crippen LogP contribution in [-0.2, 0) is 0 Å². The summed E-state index contributed by atoms with van der Waals surface area (Å²) in [4.78, 5) is 8.61. The Hall–Kier alpha value is -1.53. The van der Waals surface area contributed by atoms with Crippen LogP contribution in [0.3, 0.4) is 0 Å². The fraction of sp³-hybridized carbons (Fsp3) is 0. The molecule has 0 spiro atoms. The van der Waals surface area contributed by atoms with Crippen LogP contribution >= 0.6 is 9.24 Å². The Kier molecular flexibility index (Phi) is 3.21. The SMILES string of the molecule is PC=C(c1ccccn1)c1ccccn1. The van der Waals surface area contributed by atoms with Crippen LogP contribution in [0.5, 0.6) is 0 Å². The second-order valence-electron chi connectivity index (χ2n) is 3.01. The lowest BCUT2D eigenvalue weighted by molar-refractivity contribution is 1.22. The Morgan fingerprint density at radius 3 is 1.80 bits per heavy atom. The molecule has 0 amide bonds. The van der Waals surface area contributed by atoms with Crippen molar-refractivity contribution in [3.63, 3.8) is 0 Å². The zero-order valence-corrected chi connectivity index (χ0v) is 9.32. The van der Waals surface area contributed by atoms with E-state index in [1.807, 2.05) is 42.2 Å². The smallest absolute Gasteiger partial charge is 0.0723 e. The number of hydrogen-bond donors (Lipinski definition) is 0. The molecule has 2 rings (SSSR count). The van der Waals surface area contributed by atoms with E-state index in [1.165, 1.54) is 0 Å². The van der Waals surface area contributed by atoms with E-state index in [0.29, 0.717) is 0 Å². The molecule has 74 valence electrons. The van der Waals surface area contributed by atoms with Crippen LogP contribution in [0.15, 0.2) is 54.6 Å². The summed E-state index contributed by atoms with van der Waals surface area (Å²) in [5, 5.41) is 0. The number of hydrogen-bond acceptors (Lipinski definition) is 2. The largest absolute Gasteiger partial charge is 0.256 e. The van der Waals surface area contributed by atoms with Gasteiger partial charge < -0.3 is 0 Å². The molecular weight excluding hydrogens is 203 g/mol. The Morgan fingerprint density at radius 2 is 1.47 bits per heavy atom. The summed E-state index contributed by atoms with van der Waals surface area (Å²) in [7, 11) is 2.60. The van der Waals surface area contributed by atoms with Gasteiger partial charge in [-0.1, -0.05) is 17.9 Å². The van der Waals surface area contributed by atoms with Crippen LogP contribution in [-0.4, -0.2) is 9.97 Å². The van der Waals surface area contributed by atoms with Crippen molar-refractivity contribution < 1.29 is 0 Å². The predicted molar refractivity (Wildman–Crippen MR) is 65.3 cm³/mol. The summed E-state index contributed by atoms with van der Waals surface area (Å²) in [5.41, 5.74) is 2.90. The molecule has 3 heteroatoms. The van der Waals surface area contributed by atoms with E-state index in [9.17, 15) is 0 Å². The van der Waals surface area contributed by atoms with Crippen LogP contribution < -0.4 is 0 Å². The number of pyridine rings is 2. The van der Waals surface area contributed by atoms with Gasteiger partial charge in [0.15, 0.2) is 0 Å². The lowest BCUT2D eigenvalue weighted by atomic mass is 10.1. The van der Waals surface area contributed by atoms with Gasteiger partial charge in [0.2, 0.25) is 0 Å². The summed E-state index contributed by atoms with van der Waals surface area (Å²) in [5.74, 6) is 1.95. The third kappa shape index (κ3) is 2.28. The van der Waals surface area contributed by atoms with E-state index in [2.05, 4.69) is 19.2 Å². The molecule has 2 heterocycles. The predicted octanol–water partition coefficient (Wildman–Crippen LogP) is 2.74. The van der Waals surface area contributed by atoms with Crippen molar-refractivity contribution in [3.8, 4) is 0 Å². The lowest BCUT2D eigenvalue weighted by Gasteiger charge is -2.04. The zero-order chi connectivity index (χ0) is 10.5. The molecule has 0 radical (unpaired) electrons. The Labute approximate surface area is 91.3 Å². The minimum Gasteiger partial charge on any atom is -0.256 e. The van der Waals surface area contributed by atoms with E-state index in [4.69, 9.17) is 0 Å². The molecular formula is C12H11N2P. The second kappa shape index (κ2) is 4.81. The zero-order valence-electron chi connectivity index (χ0n) is 8.17. The van der Waals surface area contributed by atoms with Gasteiger partial charge in [0, 0.05) is 18.0 Å². The highest BCUT2D eigenvalue weighted by atomic mass is 31.0. The molecule has 0 aromatic carbocycles. The van der Waals surface area contributed by atoms with Gasteiger partial charge in [0.25, 0.3) is 0 Å². The molecule has 0 aliphatic rings. The van der Waals surface area contributed by atoms with Gasteiger partial charge in [-0.2, -0.15) is 0 Å². The molecule has 0 saturated heterocycles. The standard InChI is InChI=1S/C12H11N2P/c15-9-10(11-5-1-3-7-13-11)12-6-2-4-8-14-12/h1-9H,15H2. The van der Waals surface area contributed by atoms with E-state index < -0.39 is 0 Å². The van der Waals surface area contributed by atoms with Crippen LogP contribution in [0.2, 0.25) is 0 Å². The van der Waals surface area contributed by atoms with Crippen molar-refractivity contribution in [2.75, 3.05) is 0 Å². The van der Waals surface area contributed by atoms with Gasteiger partial charge in [-0.15, -0.1) is 9.24 Å². The number of nitrogens with zero attached hydrogens (tertiary/aromatic N) is 2.